The first-order valence-corrected chi connectivity index (χ1v) is 8.04. The fraction of sp³-hybridized carbons (Fsp3) is 0.500. The summed E-state index contributed by atoms with van der Waals surface area (Å²) in [6.45, 7) is 6.34. The maximum absolute atomic E-state index is 12.2. The van der Waals surface area contributed by atoms with Crippen LogP contribution in [0.25, 0.3) is 0 Å². The van der Waals surface area contributed by atoms with E-state index in [1.165, 1.54) is 4.90 Å². The number of nitrogens with one attached hydrogen (secondary N) is 1. The highest BCUT2D eigenvalue weighted by Gasteiger charge is 2.31. The minimum atomic E-state index is -0.434. The molecule has 1 atom stereocenters. The van der Waals surface area contributed by atoms with Gasteiger partial charge < -0.3 is 9.80 Å². The summed E-state index contributed by atoms with van der Waals surface area (Å²) >= 11 is 0. The van der Waals surface area contributed by atoms with Crippen LogP contribution < -0.4 is 15.1 Å². The van der Waals surface area contributed by atoms with Gasteiger partial charge in [0.25, 0.3) is 0 Å². The quantitative estimate of drug-likeness (QED) is 0.675. The van der Waals surface area contributed by atoms with Gasteiger partial charge >= 0.3 is 0 Å². The Morgan fingerprint density at radius 2 is 1.83 bits per heavy atom. The number of hydrogen-bond donors (Lipinski definition) is 1. The van der Waals surface area contributed by atoms with Crippen LogP contribution in [0.3, 0.4) is 0 Å². The zero-order chi connectivity index (χ0) is 18.1. The molecule has 0 aromatic heterocycles. The summed E-state index contributed by atoms with van der Waals surface area (Å²) in [7, 11) is 3.50. The summed E-state index contributed by atoms with van der Waals surface area (Å²) in [6, 6.07) is 5.47. The third-order valence-electron chi connectivity index (χ3n) is 4.44. The molecule has 0 saturated carbocycles. The second kappa shape index (κ2) is 6.63. The zero-order valence-electron chi connectivity index (χ0n) is 14.9. The van der Waals surface area contributed by atoms with Gasteiger partial charge in [0.2, 0.25) is 18.2 Å². The van der Waals surface area contributed by atoms with Crippen molar-refractivity contribution >= 4 is 29.6 Å². The maximum Gasteiger partial charge on any atom is 0.249 e. The molecule has 130 valence electrons. The number of likely N-dealkylation sites (N-methyl/N-ethyl adjacent to an activating group) is 1. The van der Waals surface area contributed by atoms with E-state index < -0.39 is 6.04 Å². The highest BCUT2D eigenvalue weighted by Crippen LogP contribution is 2.35. The number of carbonyl (C=O) groups is 3. The lowest BCUT2D eigenvalue weighted by Crippen LogP contribution is -2.51. The number of piperidine rings is 1. The summed E-state index contributed by atoms with van der Waals surface area (Å²) in [6.07, 6.45) is 1.53. The number of amides is 3. The molecule has 1 aliphatic heterocycles. The average molecular weight is 331 g/mol. The topological polar surface area (TPSA) is 69.7 Å². The molecule has 1 aromatic carbocycles. The summed E-state index contributed by atoms with van der Waals surface area (Å²) in [5, 5.41) is 2.38. The highest BCUT2D eigenvalue weighted by molar-refractivity contribution is 6.02. The van der Waals surface area contributed by atoms with Gasteiger partial charge in [0.05, 0.1) is 11.4 Å². The number of nitrogens with zero attached hydrogens (tertiary/aromatic N) is 2. The lowest BCUT2D eigenvalue weighted by molar-refractivity contribution is -0.134. The first-order chi connectivity index (χ1) is 11.1. The van der Waals surface area contributed by atoms with Crippen LogP contribution in [0.5, 0.6) is 0 Å². The molecule has 0 radical (unpaired) electrons. The van der Waals surface area contributed by atoms with Crippen LogP contribution in [0.4, 0.5) is 11.4 Å². The van der Waals surface area contributed by atoms with Gasteiger partial charge in [0, 0.05) is 20.5 Å². The number of carbonyl (C=O) groups excluding carboxylic acids is 3. The lowest BCUT2D eigenvalue weighted by Gasteiger charge is -2.34. The molecular formula is C18H25N3O3. The molecular weight excluding hydrogens is 306 g/mol. The SMILES string of the molecule is CN(C=O)c1ccc(C(C)(C)C)cc1N(C)C1CCC(=O)NC1=O. The van der Waals surface area contributed by atoms with Crippen molar-refractivity contribution in [3.63, 3.8) is 0 Å². The Hall–Kier alpha value is -2.37. The second-order valence-electron chi connectivity index (χ2n) is 7.25. The monoisotopic (exact) mass is 331 g/mol. The van der Waals surface area contributed by atoms with Crippen molar-refractivity contribution in [2.45, 2.75) is 45.1 Å². The van der Waals surface area contributed by atoms with Crippen LogP contribution in [0.2, 0.25) is 0 Å². The Balaban J connectivity index is 2.46. The fourth-order valence-corrected chi connectivity index (χ4v) is 2.85. The van der Waals surface area contributed by atoms with Gasteiger partial charge in [-0.3, -0.25) is 19.7 Å². The molecule has 0 bridgehead atoms. The third-order valence-corrected chi connectivity index (χ3v) is 4.44. The van der Waals surface area contributed by atoms with E-state index in [-0.39, 0.29) is 17.2 Å². The summed E-state index contributed by atoms with van der Waals surface area (Å²) in [5.74, 6) is -0.534. The molecule has 24 heavy (non-hydrogen) atoms. The number of hydrogen-bond acceptors (Lipinski definition) is 4. The molecule has 1 fully saturated rings. The summed E-state index contributed by atoms with van der Waals surface area (Å²) in [4.78, 5) is 38.1. The van der Waals surface area contributed by atoms with E-state index in [1.807, 2.05) is 30.1 Å². The van der Waals surface area contributed by atoms with Crippen molar-refractivity contribution in [2.24, 2.45) is 0 Å². The number of benzene rings is 1. The van der Waals surface area contributed by atoms with Gasteiger partial charge in [0.1, 0.15) is 6.04 Å². The minimum Gasteiger partial charge on any atom is -0.361 e. The standard InChI is InChI=1S/C18H25N3O3/c1-18(2,3)12-6-7-13(20(4)11-22)15(10-12)21(5)14-8-9-16(23)19-17(14)24/h6-7,10-11,14H,8-9H2,1-5H3,(H,19,23,24). The first-order valence-electron chi connectivity index (χ1n) is 8.04. The van der Waals surface area contributed by atoms with Gasteiger partial charge in [-0.15, -0.1) is 0 Å². The number of anilines is 2. The Labute approximate surface area is 142 Å². The third kappa shape index (κ3) is 3.58. The molecule has 1 unspecified atom stereocenters. The predicted octanol–water partition coefficient (Wildman–Crippen LogP) is 1.82. The molecule has 6 nitrogen and oxygen atoms in total. The summed E-state index contributed by atoms with van der Waals surface area (Å²) < 4.78 is 0. The molecule has 0 aliphatic carbocycles. The molecule has 1 aliphatic rings. The van der Waals surface area contributed by atoms with Crippen molar-refractivity contribution in [3.05, 3.63) is 23.8 Å². The van der Waals surface area contributed by atoms with Crippen molar-refractivity contribution < 1.29 is 14.4 Å². The van der Waals surface area contributed by atoms with E-state index in [2.05, 4.69) is 26.1 Å². The van der Waals surface area contributed by atoms with Crippen LogP contribution in [0.1, 0.15) is 39.2 Å². The Morgan fingerprint density at radius 3 is 2.38 bits per heavy atom. The van der Waals surface area contributed by atoms with Crippen LogP contribution in [-0.4, -0.2) is 38.4 Å². The maximum atomic E-state index is 12.2. The molecule has 1 aromatic rings. The highest BCUT2D eigenvalue weighted by atomic mass is 16.2. The average Bonchev–Trinajstić information content (AvgIpc) is 2.52. The minimum absolute atomic E-state index is 0.0569. The lowest BCUT2D eigenvalue weighted by atomic mass is 9.86. The van der Waals surface area contributed by atoms with Crippen molar-refractivity contribution in [1.82, 2.24) is 5.32 Å². The molecule has 1 heterocycles. The Morgan fingerprint density at radius 1 is 1.17 bits per heavy atom. The van der Waals surface area contributed by atoms with Crippen molar-refractivity contribution in [2.75, 3.05) is 23.9 Å². The molecule has 3 amide bonds. The normalized spacial score (nSPS) is 18.1. The van der Waals surface area contributed by atoms with Gasteiger partial charge in [-0.2, -0.15) is 0 Å². The molecule has 6 heteroatoms. The molecule has 1 saturated heterocycles. The van der Waals surface area contributed by atoms with Crippen LogP contribution >= 0.6 is 0 Å². The van der Waals surface area contributed by atoms with Crippen LogP contribution in [-0.2, 0) is 19.8 Å². The summed E-state index contributed by atoms with van der Waals surface area (Å²) in [5.41, 5.74) is 2.58. The first kappa shape index (κ1) is 18.0. The van der Waals surface area contributed by atoms with E-state index in [9.17, 15) is 14.4 Å². The van der Waals surface area contributed by atoms with Gasteiger partial charge in [-0.25, -0.2) is 0 Å². The Bertz CT molecular complexity index is 664. The second-order valence-corrected chi connectivity index (χ2v) is 7.25. The van der Waals surface area contributed by atoms with Crippen LogP contribution in [0, 0.1) is 0 Å². The molecule has 0 spiro atoms. The van der Waals surface area contributed by atoms with E-state index in [4.69, 9.17) is 0 Å². The van der Waals surface area contributed by atoms with Gasteiger partial charge in [-0.05, 0) is 29.5 Å². The number of imide groups is 1. The van der Waals surface area contributed by atoms with E-state index in [1.54, 1.807) is 7.05 Å². The fourth-order valence-electron chi connectivity index (χ4n) is 2.85. The van der Waals surface area contributed by atoms with Crippen molar-refractivity contribution in [3.8, 4) is 0 Å². The Kier molecular flexibility index (Phi) is 4.96. The van der Waals surface area contributed by atoms with Crippen LogP contribution in [0.15, 0.2) is 18.2 Å². The molecule has 2 rings (SSSR count). The van der Waals surface area contributed by atoms with E-state index in [0.717, 1.165) is 23.3 Å². The smallest absolute Gasteiger partial charge is 0.249 e. The van der Waals surface area contributed by atoms with Crippen molar-refractivity contribution in [1.29, 1.82) is 0 Å². The zero-order valence-corrected chi connectivity index (χ0v) is 14.9. The largest absolute Gasteiger partial charge is 0.361 e. The van der Waals surface area contributed by atoms with Gasteiger partial charge in [0.15, 0.2) is 0 Å². The predicted molar refractivity (Wildman–Crippen MR) is 94.2 cm³/mol. The number of rotatable bonds is 4. The van der Waals surface area contributed by atoms with E-state index >= 15 is 0 Å². The molecule has 1 N–H and O–H groups in total. The van der Waals surface area contributed by atoms with E-state index in [0.29, 0.717) is 12.8 Å². The van der Waals surface area contributed by atoms with Gasteiger partial charge in [-0.1, -0.05) is 26.8 Å².